The topological polar surface area (TPSA) is 58.8 Å². The van der Waals surface area contributed by atoms with E-state index in [-0.39, 0.29) is 12.5 Å². The second-order valence-corrected chi connectivity index (χ2v) is 9.14. The van der Waals surface area contributed by atoms with Gasteiger partial charge in [-0.05, 0) is 50.1 Å². The average molecular weight is 488 g/mol. The molecule has 0 saturated carbocycles. The summed E-state index contributed by atoms with van der Waals surface area (Å²) in [6, 6.07) is 11.5. The summed E-state index contributed by atoms with van der Waals surface area (Å²) in [4.78, 5) is 17.3. The van der Waals surface area contributed by atoms with Gasteiger partial charge in [0.1, 0.15) is 18.1 Å². The molecule has 1 amide bonds. The summed E-state index contributed by atoms with van der Waals surface area (Å²) in [5.41, 5.74) is 4.15. The van der Waals surface area contributed by atoms with E-state index in [0.717, 1.165) is 35.5 Å². The largest absolute Gasteiger partial charge is 0.488 e. The Morgan fingerprint density at radius 2 is 1.67 bits per heavy atom. The first-order chi connectivity index (χ1) is 15.8. The van der Waals surface area contributed by atoms with E-state index < -0.39 is 0 Å². The van der Waals surface area contributed by atoms with Crippen molar-refractivity contribution in [2.75, 3.05) is 26.2 Å². The predicted molar refractivity (Wildman–Crippen MR) is 129 cm³/mol. The summed E-state index contributed by atoms with van der Waals surface area (Å²) in [6.45, 7) is 9.36. The highest BCUT2D eigenvalue weighted by molar-refractivity contribution is 6.35. The van der Waals surface area contributed by atoms with Crippen LogP contribution in [0.5, 0.6) is 5.75 Å². The van der Waals surface area contributed by atoms with Crippen molar-refractivity contribution in [3.63, 3.8) is 0 Å². The Hall–Kier alpha value is -2.54. The van der Waals surface area contributed by atoms with Gasteiger partial charge in [-0.25, -0.2) is 0 Å². The Morgan fingerprint density at radius 1 is 1.00 bits per heavy atom. The van der Waals surface area contributed by atoms with Crippen LogP contribution in [0.1, 0.15) is 38.5 Å². The van der Waals surface area contributed by atoms with Crippen molar-refractivity contribution in [3.8, 4) is 5.75 Å². The lowest BCUT2D eigenvalue weighted by Crippen LogP contribution is -2.48. The molecule has 0 N–H and O–H groups in total. The van der Waals surface area contributed by atoms with Crippen LogP contribution in [0.2, 0.25) is 10.0 Å². The van der Waals surface area contributed by atoms with Crippen LogP contribution >= 0.6 is 23.2 Å². The van der Waals surface area contributed by atoms with Gasteiger partial charge in [-0.2, -0.15) is 0 Å². The molecule has 0 unspecified atom stereocenters. The van der Waals surface area contributed by atoms with Crippen LogP contribution in [0.4, 0.5) is 0 Å². The average Bonchev–Trinajstić information content (AvgIpc) is 3.17. The molecule has 3 aromatic rings. The Morgan fingerprint density at radius 3 is 2.36 bits per heavy atom. The monoisotopic (exact) mass is 487 g/mol. The van der Waals surface area contributed by atoms with Crippen molar-refractivity contribution in [2.45, 2.75) is 33.9 Å². The SMILES string of the molecule is Cc1cccc(OCc2c(C(=O)N3CCN(Cc4c(Cl)cccc4Cl)CC3)noc2C)c1C. The molecule has 33 heavy (non-hydrogen) atoms. The molecule has 0 aliphatic carbocycles. The van der Waals surface area contributed by atoms with Crippen LogP contribution in [-0.4, -0.2) is 47.0 Å². The molecule has 6 nitrogen and oxygen atoms in total. The van der Waals surface area contributed by atoms with Crippen molar-refractivity contribution in [1.29, 1.82) is 0 Å². The van der Waals surface area contributed by atoms with Gasteiger partial charge >= 0.3 is 0 Å². The van der Waals surface area contributed by atoms with Gasteiger partial charge in [0.05, 0.1) is 5.56 Å². The van der Waals surface area contributed by atoms with E-state index in [0.29, 0.717) is 46.7 Å². The smallest absolute Gasteiger partial charge is 0.276 e. The number of carbonyl (C=O) groups is 1. The van der Waals surface area contributed by atoms with Crippen molar-refractivity contribution < 1.29 is 14.1 Å². The first kappa shape index (κ1) is 23.6. The zero-order valence-electron chi connectivity index (χ0n) is 19.0. The van der Waals surface area contributed by atoms with Crippen LogP contribution < -0.4 is 4.74 Å². The maximum Gasteiger partial charge on any atom is 0.276 e. The Kier molecular flexibility index (Phi) is 7.27. The van der Waals surface area contributed by atoms with Gasteiger partial charge in [0.2, 0.25) is 0 Å². The summed E-state index contributed by atoms with van der Waals surface area (Å²) < 4.78 is 11.4. The summed E-state index contributed by atoms with van der Waals surface area (Å²) in [5, 5.41) is 5.38. The predicted octanol–water partition coefficient (Wildman–Crippen LogP) is 5.44. The van der Waals surface area contributed by atoms with Crippen LogP contribution in [0.25, 0.3) is 0 Å². The number of aryl methyl sites for hydroxylation is 2. The second kappa shape index (κ2) is 10.2. The molecule has 1 aromatic heterocycles. The minimum atomic E-state index is -0.137. The third-order valence-corrected chi connectivity index (χ3v) is 6.93. The maximum atomic E-state index is 13.2. The summed E-state index contributed by atoms with van der Waals surface area (Å²) >= 11 is 12.6. The summed E-state index contributed by atoms with van der Waals surface area (Å²) in [5.74, 6) is 1.25. The fraction of sp³-hybridized carbons (Fsp3) is 0.360. The number of amides is 1. The molecule has 1 aliphatic rings. The van der Waals surface area contributed by atoms with Gasteiger partial charge < -0.3 is 14.2 Å². The minimum Gasteiger partial charge on any atom is -0.488 e. The number of benzene rings is 2. The van der Waals surface area contributed by atoms with E-state index in [1.54, 1.807) is 6.92 Å². The van der Waals surface area contributed by atoms with Gasteiger partial charge in [-0.3, -0.25) is 9.69 Å². The minimum absolute atomic E-state index is 0.137. The molecule has 8 heteroatoms. The molecule has 0 spiro atoms. The Bertz CT molecular complexity index is 1130. The number of hydrogen-bond donors (Lipinski definition) is 0. The zero-order chi connectivity index (χ0) is 23.5. The number of nitrogens with zero attached hydrogens (tertiary/aromatic N) is 3. The van der Waals surface area contributed by atoms with Gasteiger partial charge in [0.25, 0.3) is 5.91 Å². The fourth-order valence-electron chi connectivity index (χ4n) is 3.93. The van der Waals surface area contributed by atoms with Crippen LogP contribution in [0, 0.1) is 20.8 Å². The fourth-order valence-corrected chi connectivity index (χ4v) is 4.44. The maximum absolute atomic E-state index is 13.2. The van der Waals surface area contributed by atoms with Crippen molar-refractivity contribution >= 4 is 29.1 Å². The molecule has 2 aromatic carbocycles. The molecule has 174 valence electrons. The highest BCUT2D eigenvalue weighted by Crippen LogP contribution is 2.27. The van der Waals surface area contributed by atoms with Crippen molar-refractivity contribution in [3.05, 3.63) is 80.2 Å². The molecule has 4 rings (SSSR count). The highest BCUT2D eigenvalue weighted by atomic mass is 35.5. The van der Waals surface area contributed by atoms with Crippen LogP contribution in [0.3, 0.4) is 0 Å². The third-order valence-electron chi connectivity index (χ3n) is 6.22. The number of aromatic nitrogens is 1. The Labute approximate surface area is 204 Å². The molecule has 0 bridgehead atoms. The van der Waals surface area contributed by atoms with Gasteiger partial charge in [0.15, 0.2) is 5.69 Å². The lowest BCUT2D eigenvalue weighted by Gasteiger charge is -2.34. The molecule has 1 saturated heterocycles. The van der Waals surface area contributed by atoms with E-state index >= 15 is 0 Å². The molecule has 0 atom stereocenters. The molecule has 2 heterocycles. The van der Waals surface area contributed by atoms with Crippen molar-refractivity contribution in [2.24, 2.45) is 0 Å². The molecule has 0 radical (unpaired) electrons. The van der Waals surface area contributed by atoms with Crippen LogP contribution in [0.15, 0.2) is 40.9 Å². The van der Waals surface area contributed by atoms with Crippen molar-refractivity contribution in [1.82, 2.24) is 15.0 Å². The molecular weight excluding hydrogens is 461 g/mol. The highest BCUT2D eigenvalue weighted by Gasteiger charge is 2.28. The van der Waals surface area contributed by atoms with E-state index in [2.05, 4.69) is 10.1 Å². The summed E-state index contributed by atoms with van der Waals surface area (Å²) in [6.07, 6.45) is 0. The lowest BCUT2D eigenvalue weighted by atomic mass is 10.1. The number of hydrogen-bond acceptors (Lipinski definition) is 5. The van der Waals surface area contributed by atoms with E-state index in [1.165, 1.54) is 0 Å². The van der Waals surface area contributed by atoms with Gasteiger partial charge in [-0.1, -0.05) is 46.6 Å². The van der Waals surface area contributed by atoms with Gasteiger partial charge in [0, 0.05) is 48.3 Å². The van der Waals surface area contributed by atoms with E-state index in [9.17, 15) is 4.79 Å². The summed E-state index contributed by atoms with van der Waals surface area (Å²) in [7, 11) is 0. The zero-order valence-corrected chi connectivity index (χ0v) is 20.5. The standard InChI is InChI=1S/C25H27Cl2N3O3/c1-16-6-4-9-23(17(16)2)32-15-20-18(3)33-28-24(20)25(31)30-12-10-29(11-13-30)14-19-21(26)7-5-8-22(19)27/h4-9H,10-15H2,1-3H3. The Balaban J connectivity index is 1.40. The molecular formula is C25H27Cl2N3O3. The number of rotatable bonds is 6. The quantitative estimate of drug-likeness (QED) is 0.462. The second-order valence-electron chi connectivity index (χ2n) is 8.32. The van der Waals surface area contributed by atoms with E-state index in [1.807, 2.05) is 55.1 Å². The molecule has 1 fully saturated rings. The normalized spacial score (nSPS) is 14.5. The number of piperazine rings is 1. The molecule has 1 aliphatic heterocycles. The van der Waals surface area contributed by atoms with Gasteiger partial charge in [-0.15, -0.1) is 0 Å². The van der Waals surface area contributed by atoms with E-state index in [4.69, 9.17) is 32.5 Å². The number of ether oxygens (including phenoxy) is 1. The van der Waals surface area contributed by atoms with Crippen LogP contribution in [-0.2, 0) is 13.2 Å². The first-order valence-corrected chi connectivity index (χ1v) is 11.7. The first-order valence-electron chi connectivity index (χ1n) is 10.9. The third kappa shape index (κ3) is 5.18. The number of halogens is 2. The number of carbonyl (C=O) groups excluding carboxylic acids is 1. The lowest BCUT2D eigenvalue weighted by molar-refractivity contribution is 0.0616.